The first-order valence-corrected chi connectivity index (χ1v) is 10.3. The van der Waals surface area contributed by atoms with Gasteiger partial charge in [0.05, 0.1) is 19.8 Å². The number of hydrogen-bond donors (Lipinski definition) is 2. The molecule has 0 amide bonds. The van der Waals surface area contributed by atoms with Gasteiger partial charge in [-0.2, -0.15) is 0 Å². The van der Waals surface area contributed by atoms with E-state index >= 15 is 0 Å². The van der Waals surface area contributed by atoms with E-state index in [4.69, 9.17) is 15.2 Å². The zero-order valence-electron chi connectivity index (χ0n) is 16.7. The standard InChI is InChI=1S/C21H34N4O2/c1-3-25-12-6-7-17(25)15-24-21(22)23-14-16-10-11-19(20(13-16)26-2)27-18-8-4-5-9-18/h10-11,13,17-18H,3-9,12,14-15H2,1-2H3,(H3,22,23,24). The van der Waals surface area contributed by atoms with Crippen molar-refractivity contribution in [2.75, 3.05) is 26.7 Å². The summed E-state index contributed by atoms with van der Waals surface area (Å²) in [6.45, 7) is 5.89. The molecule has 1 aromatic carbocycles. The average molecular weight is 375 g/mol. The molecule has 1 unspecified atom stereocenters. The minimum Gasteiger partial charge on any atom is -0.493 e. The molecule has 0 radical (unpaired) electrons. The number of methoxy groups -OCH3 is 1. The molecule has 150 valence electrons. The summed E-state index contributed by atoms with van der Waals surface area (Å²) in [6.07, 6.45) is 7.59. The van der Waals surface area contributed by atoms with Gasteiger partial charge in [0.1, 0.15) is 0 Å². The third-order valence-electron chi connectivity index (χ3n) is 5.68. The van der Waals surface area contributed by atoms with Crippen LogP contribution in [0.4, 0.5) is 0 Å². The average Bonchev–Trinajstić information content (AvgIpc) is 3.36. The summed E-state index contributed by atoms with van der Waals surface area (Å²) in [7, 11) is 1.68. The molecule has 1 atom stereocenters. The number of aliphatic imine (C=N–C) groups is 1. The van der Waals surface area contributed by atoms with E-state index in [1.165, 1.54) is 32.2 Å². The van der Waals surface area contributed by atoms with Crippen LogP contribution >= 0.6 is 0 Å². The molecule has 27 heavy (non-hydrogen) atoms. The van der Waals surface area contributed by atoms with Gasteiger partial charge in [0.2, 0.25) is 0 Å². The molecule has 1 heterocycles. The second-order valence-electron chi connectivity index (χ2n) is 7.52. The quantitative estimate of drug-likeness (QED) is 0.541. The zero-order valence-corrected chi connectivity index (χ0v) is 16.7. The topological polar surface area (TPSA) is 72.1 Å². The van der Waals surface area contributed by atoms with E-state index in [1.807, 2.05) is 18.2 Å². The molecule has 6 heteroatoms. The summed E-state index contributed by atoms with van der Waals surface area (Å²) in [5.41, 5.74) is 7.12. The first-order valence-electron chi connectivity index (χ1n) is 10.3. The van der Waals surface area contributed by atoms with Crippen molar-refractivity contribution in [2.24, 2.45) is 10.7 Å². The Labute approximate surface area is 163 Å². The summed E-state index contributed by atoms with van der Waals surface area (Å²) < 4.78 is 11.6. The summed E-state index contributed by atoms with van der Waals surface area (Å²) in [5, 5.41) is 3.28. The van der Waals surface area contributed by atoms with Crippen LogP contribution in [0.25, 0.3) is 0 Å². The second-order valence-corrected chi connectivity index (χ2v) is 7.52. The molecule has 0 bridgehead atoms. The Morgan fingerprint density at radius 2 is 2.04 bits per heavy atom. The van der Waals surface area contributed by atoms with Gasteiger partial charge in [0.15, 0.2) is 17.5 Å². The van der Waals surface area contributed by atoms with Crippen LogP contribution < -0.4 is 20.5 Å². The highest BCUT2D eigenvalue weighted by Crippen LogP contribution is 2.32. The molecule has 1 saturated heterocycles. The lowest BCUT2D eigenvalue weighted by molar-refractivity contribution is 0.200. The van der Waals surface area contributed by atoms with E-state index in [0.717, 1.165) is 43.0 Å². The maximum absolute atomic E-state index is 6.09. The van der Waals surface area contributed by atoms with Gasteiger partial charge in [-0.25, -0.2) is 4.99 Å². The Kier molecular flexibility index (Phi) is 7.21. The maximum atomic E-state index is 6.09. The van der Waals surface area contributed by atoms with E-state index in [0.29, 0.717) is 24.7 Å². The molecular formula is C21H34N4O2. The molecule has 0 aromatic heterocycles. The fourth-order valence-corrected chi connectivity index (χ4v) is 4.09. The molecule has 1 saturated carbocycles. The predicted molar refractivity (Wildman–Crippen MR) is 109 cm³/mol. The predicted octanol–water partition coefficient (Wildman–Crippen LogP) is 2.91. The first kappa shape index (κ1) is 19.8. The number of nitrogens with one attached hydrogen (secondary N) is 1. The van der Waals surface area contributed by atoms with Crippen LogP contribution in [-0.4, -0.2) is 49.7 Å². The van der Waals surface area contributed by atoms with Gasteiger partial charge >= 0.3 is 0 Å². The largest absolute Gasteiger partial charge is 0.493 e. The lowest BCUT2D eigenvalue weighted by Gasteiger charge is -2.23. The van der Waals surface area contributed by atoms with Crippen LogP contribution in [0.2, 0.25) is 0 Å². The van der Waals surface area contributed by atoms with E-state index in [1.54, 1.807) is 7.11 Å². The van der Waals surface area contributed by atoms with Crippen LogP contribution in [0.3, 0.4) is 0 Å². The van der Waals surface area contributed by atoms with Crippen molar-refractivity contribution >= 4 is 5.96 Å². The van der Waals surface area contributed by atoms with Crippen molar-refractivity contribution in [2.45, 2.75) is 64.1 Å². The van der Waals surface area contributed by atoms with Crippen LogP contribution in [0.1, 0.15) is 51.0 Å². The molecule has 1 aliphatic carbocycles. The lowest BCUT2D eigenvalue weighted by Crippen LogP contribution is -2.42. The number of nitrogens with zero attached hydrogens (tertiary/aromatic N) is 2. The number of likely N-dealkylation sites (N-methyl/N-ethyl adjacent to an activating group) is 1. The van der Waals surface area contributed by atoms with Crippen molar-refractivity contribution in [3.63, 3.8) is 0 Å². The fourth-order valence-electron chi connectivity index (χ4n) is 4.09. The van der Waals surface area contributed by atoms with Gasteiger partial charge in [-0.15, -0.1) is 0 Å². The molecule has 3 N–H and O–H groups in total. The van der Waals surface area contributed by atoms with E-state index < -0.39 is 0 Å². The van der Waals surface area contributed by atoms with Gasteiger partial charge in [0.25, 0.3) is 0 Å². The van der Waals surface area contributed by atoms with Crippen LogP contribution in [0.5, 0.6) is 11.5 Å². The fraction of sp³-hybridized carbons (Fsp3) is 0.667. The van der Waals surface area contributed by atoms with Crippen molar-refractivity contribution in [1.82, 2.24) is 10.2 Å². The molecule has 2 aliphatic rings. The summed E-state index contributed by atoms with van der Waals surface area (Å²) >= 11 is 0. The Balaban J connectivity index is 1.52. The van der Waals surface area contributed by atoms with Gasteiger partial charge in [-0.3, -0.25) is 4.90 Å². The SMILES string of the molecule is CCN1CCCC1CNC(N)=NCc1ccc(OC2CCCC2)c(OC)c1. The molecule has 1 aromatic rings. The lowest BCUT2D eigenvalue weighted by atomic mass is 10.2. The number of likely N-dealkylation sites (tertiary alicyclic amines) is 1. The molecule has 3 rings (SSSR count). The summed E-state index contributed by atoms with van der Waals surface area (Å²) in [4.78, 5) is 6.98. The van der Waals surface area contributed by atoms with Crippen molar-refractivity contribution in [1.29, 1.82) is 0 Å². The monoisotopic (exact) mass is 374 g/mol. The number of rotatable bonds is 8. The highest BCUT2D eigenvalue weighted by atomic mass is 16.5. The first-order chi connectivity index (χ1) is 13.2. The van der Waals surface area contributed by atoms with Gasteiger partial charge < -0.3 is 20.5 Å². The van der Waals surface area contributed by atoms with Gasteiger partial charge in [0, 0.05) is 12.6 Å². The normalized spacial score (nSPS) is 21.6. The Hall–Kier alpha value is -1.95. The summed E-state index contributed by atoms with van der Waals surface area (Å²) in [5.74, 6) is 2.10. The highest BCUT2D eigenvalue weighted by Gasteiger charge is 2.22. The molecule has 0 spiro atoms. The van der Waals surface area contributed by atoms with E-state index in [9.17, 15) is 0 Å². The van der Waals surface area contributed by atoms with Crippen LogP contribution in [0, 0.1) is 0 Å². The number of nitrogens with two attached hydrogens (primary N) is 1. The van der Waals surface area contributed by atoms with Gasteiger partial charge in [-0.1, -0.05) is 13.0 Å². The minimum absolute atomic E-state index is 0.320. The molecular weight excluding hydrogens is 340 g/mol. The Bertz CT molecular complexity index is 629. The van der Waals surface area contributed by atoms with Crippen molar-refractivity contribution in [3.05, 3.63) is 23.8 Å². The van der Waals surface area contributed by atoms with Crippen molar-refractivity contribution < 1.29 is 9.47 Å². The van der Waals surface area contributed by atoms with Crippen molar-refractivity contribution in [3.8, 4) is 11.5 Å². The third kappa shape index (κ3) is 5.51. The molecule has 6 nitrogen and oxygen atoms in total. The Morgan fingerprint density at radius 1 is 1.22 bits per heavy atom. The van der Waals surface area contributed by atoms with Crippen LogP contribution in [-0.2, 0) is 6.54 Å². The third-order valence-corrected chi connectivity index (χ3v) is 5.68. The van der Waals surface area contributed by atoms with Crippen LogP contribution in [0.15, 0.2) is 23.2 Å². The zero-order chi connectivity index (χ0) is 19.1. The number of guanidine groups is 1. The summed E-state index contributed by atoms with van der Waals surface area (Å²) in [6, 6.07) is 6.59. The molecule has 1 aliphatic heterocycles. The van der Waals surface area contributed by atoms with E-state index in [2.05, 4.69) is 22.1 Å². The molecule has 2 fully saturated rings. The number of benzene rings is 1. The van der Waals surface area contributed by atoms with E-state index in [-0.39, 0.29) is 0 Å². The maximum Gasteiger partial charge on any atom is 0.188 e. The number of hydrogen-bond acceptors (Lipinski definition) is 4. The van der Waals surface area contributed by atoms with Gasteiger partial charge in [-0.05, 0) is 69.3 Å². The second kappa shape index (κ2) is 9.83. The number of ether oxygens (including phenoxy) is 2. The highest BCUT2D eigenvalue weighted by molar-refractivity contribution is 5.77. The Morgan fingerprint density at radius 3 is 2.78 bits per heavy atom. The smallest absolute Gasteiger partial charge is 0.188 e. The minimum atomic E-state index is 0.320.